The van der Waals surface area contributed by atoms with Crippen LogP contribution in [0.5, 0.6) is 0 Å². The standard InChI is InChI=1S/C16H24N4O/c1-12-10-13(2)18-16(17-12)20-9-5-6-14(11-20)15(21)19-7-3-4-8-19/h10,14H,3-9,11H2,1-2H3/t14-/m0/s1. The highest BCUT2D eigenvalue weighted by Crippen LogP contribution is 2.24. The lowest BCUT2D eigenvalue weighted by Crippen LogP contribution is -2.44. The largest absolute Gasteiger partial charge is 0.342 e. The molecule has 2 aliphatic heterocycles. The summed E-state index contributed by atoms with van der Waals surface area (Å²) in [5.74, 6) is 1.23. The molecule has 0 bridgehead atoms. The van der Waals surface area contributed by atoms with Crippen molar-refractivity contribution in [3.8, 4) is 0 Å². The fourth-order valence-electron chi connectivity index (χ4n) is 3.40. The topological polar surface area (TPSA) is 49.3 Å². The van der Waals surface area contributed by atoms with Gasteiger partial charge in [-0.1, -0.05) is 0 Å². The molecule has 0 radical (unpaired) electrons. The van der Waals surface area contributed by atoms with E-state index in [-0.39, 0.29) is 5.92 Å². The van der Waals surface area contributed by atoms with Crippen molar-refractivity contribution in [1.29, 1.82) is 0 Å². The van der Waals surface area contributed by atoms with Crippen LogP contribution >= 0.6 is 0 Å². The van der Waals surface area contributed by atoms with Crippen LogP contribution in [0.2, 0.25) is 0 Å². The van der Waals surface area contributed by atoms with E-state index in [1.54, 1.807) is 0 Å². The molecule has 0 aliphatic carbocycles. The van der Waals surface area contributed by atoms with Crippen molar-refractivity contribution in [2.75, 3.05) is 31.1 Å². The molecule has 0 N–H and O–H groups in total. The zero-order valence-corrected chi connectivity index (χ0v) is 13.0. The minimum absolute atomic E-state index is 0.112. The van der Waals surface area contributed by atoms with Gasteiger partial charge < -0.3 is 9.80 Å². The first-order chi connectivity index (χ1) is 10.1. The lowest BCUT2D eigenvalue weighted by atomic mass is 9.97. The Morgan fingerprint density at radius 2 is 1.76 bits per heavy atom. The third-order valence-corrected chi connectivity index (χ3v) is 4.44. The Labute approximate surface area is 126 Å². The first-order valence-electron chi connectivity index (χ1n) is 7.99. The molecule has 1 aromatic rings. The van der Waals surface area contributed by atoms with Crippen LogP contribution in [0.15, 0.2) is 6.07 Å². The second kappa shape index (κ2) is 6.00. The number of amides is 1. The normalized spacial score (nSPS) is 22.7. The maximum Gasteiger partial charge on any atom is 0.227 e. The summed E-state index contributed by atoms with van der Waals surface area (Å²) in [6, 6.07) is 1.99. The van der Waals surface area contributed by atoms with Crippen LogP contribution in [-0.4, -0.2) is 47.0 Å². The van der Waals surface area contributed by atoms with Crippen LogP contribution in [-0.2, 0) is 4.79 Å². The maximum absolute atomic E-state index is 12.6. The minimum atomic E-state index is 0.112. The average Bonchev–Trinajstić information content (AvgIpc) is 3.00. The van der Waals surface area contributed by atoms with Crippen molar-refractivity contribution in [2.24, 2.45) is 5.92 Å². The van der Waals surface area contributed by atoms with Crippen LogP contribution in [0.1, 0.15) is 37.1 Å². The van der Waals surface area contributed by atoms with Crippen LogP contribution in [0, 0.1) is 19.8 Å². The molecule has 1 amide bonds. The molecule has 3 heterocycles. The summed E-state index contributed by atoms with van der Waals surface area (Å²) in [7, 11) is 0. The van der Waals surface area contributed by atoms with Crippen molar-refractivity contribution < 1.29 is 4.79 Å². The molecule has 114 valence electrons. The predicted molar refractivity (Wildman–Crippen MR) is 82.3 cm³/mol. The van der Waals surface area contributed by atoms with Gasteiger partial charge in [0.15, 0.2) is 0 Å². The van der Waals surface area contributed by atoms with Gasteiger partial charge in [-0.25, -0.2) is 9.97 Å². The van der Waals surface area contributed by atoms with Crippen LogP contribution < -0.4 is 4.90 Å². The number of carbonyl (C=O) groups excluding carboxylic acids is 1. The lowest BCUT2D eigenvalue weighted by molar-refractivity contribution is -0.134. The summed E-state index contributed by atoms with van der Waals surface area (Å²) in [4.78, 5) is 25.9. The SMILES string of the molecule is Cc1cc(C)nc(N2CCC[C@H](C(=O)N3CCCC3)C2)n1. The Hall–Kier alpha value is -1.65. The number of nitrogens with zero attached hydrogens (tertiary/aromatic N) is 4. The van der Waals surface area contributed by atoms with Crippen LogP contribution in [0.3, 0.4) is 0 Å². The van der Waals surface area contributed by atoms with Gasteiger partial charge in [0.2, 0.25) is 11.9 Å². The maximum atomic E-state index is 12.6. The summed E-state index contributed by atoms with van der Waals surface area (Å²) in [5, 5.41) is 0. The fraction of sp³-hybridized carbons (Fsp3) is 0.688. The molecular formula is C16H24N4O. The molecular weight excluding hydrogens is 264 g/mol. The predicted octanol–water partition coefficient (Wildman–Crippen LogP) is 1.93. The van der Waals surface area contributed by atoms with Crippen molar-refractivity contribution >= 4 is 11.9 Å². The summed E-state index contributed by atoms with van der Waals surface area (Å²) in [6.45, 7) is 7.58. The molecule has 5 nitrogen and oxygen atoms in total. The number of aryl methyl sites for hydroxylation is 2. The molecule has 0 spiro atoms. The molecule has 2 fully saturated rings. The summed E-state index contributed by atoms with van der Waals surface area (Å²) >= 11 is 0. The number of rotatable bonds is 2. The third kappa shape index (κ3) is 3.17. The average molecular weight is 288 g/mol. The number of aromatic nitrogens is 2. The van der Waals surface area contributed by atoms with Gasteiger partial charge in [0.1, 0.15) is 0 Å². The van der Waals surface area contributed by atoms with Gasteiger partial charge in [-0.2, -0.15) is 0 Å². The molecule has 2 saturated heterocycles. The van der Waals surface area contributed by atoms with Gasteiger partial charge in [-0.05, 0) is 45.6 Å². The number of carbonyl (C=O) groups is 1. The van der Waals surface area contributed by atoms with Gasteiger partial charge in [-0.15, -0.1) is 0 Å². The fourth-order valence-corrected chi connectivity index (χ4v) is 3.40. The zero-order valence-electron chi connectivity index (χ0n) is 13.0. The Kier molecular flexibility index (Phi) is 4.08. The van der Waals surface area contributed by atoms with Crippen LogP contribution in [0.25, 0.3) is 0 Å². The molecule has 1 atom stereocenters. The summed E-state index contributed by atoms with van der Waals surface area (Å²) < 4.78 is 0. The Morgan fingerprint density at radius 3 is 2.43 bits per heavy atom. The van der Waals surface area contributed by atoms with Crippen molar-refractivity contribution in [1.82, 2.24) is 14.9 Å². The highest BCUT2D eigenvalue weighted by molar-refractivity contribution is 5.80. The van der Waals surface area contributed by atoms with Gasteiger partial charge in [0.05, 0.1) is 5.92 Å². The molecule has 2 aliphatic rings. The first-order valence-corrected chi connectivity index (χ1v) is 7.99. The Bertz CT molecular complexity index is 505. The van der Waals surface area contributed by atoms with E-state index in [1.165, 1.54) is 0 Å². The molecule has 1 aromatic heterocycles. The molecule has 3 rings (SSSR count). The van der Waals surface area contributed by atoms with E-state index in [0.29, 0.717) is 5.91 Å². The number of likely N-dealkylation sites (tertiary alicyclic amines) is 1. The van der Waals surface area contributed by atoms with Gasteiger partial charge in [0, 0.05) is 37.6 Å². The van der Waals surface area contributed by atoms with Crippen LogP contribution in [0.4, 0.5) is 5.95 Å². The van der Waals surface area contributed by atoms with E-state index in [9.17, 15) is 4.79 Å². The monoisotopic (exact) mass is 288 g/mol. The van der Waals surface area contributed by atoms with E-state index in [1.807, 2.05) is 24.8 Å². The van der Waals surface area contributed by atoms with Gasteiger partial charge in [0.25, 0.3) is 0 Å². The van der Waals surface area contributed by atoms with Crippen molar-refractivity contribution in [2.45, 2.75) is 39.5 Å². The van der Waals surface area contributed by atoms with E-state index >= 15 is 0 Å². The van der Waals surface area contributed by atoms with E-state index in [0.717, 1.165) is 69.2 Å². The highest BCUT2D eigenvalue weighted by Gasteiger charge is 2.31. The van der Waals surface area contributed by atoms with E-state index in [2.05, 4.69) is 14.9 Å². The second-order valence-corrected chi connectivity index (χ2v) is 6.27. The van der Waals surface area contributed by atoms with E-state index < -0.39 is 0 Å². The Balaban J connectivity index is 1.71. The minimum Gasteiger partial charge on any atom is -0.342 e. The number of hydrogen-bond acceptors (Lipinski definition) is 4. The van der Waals surface area contributed by atoms with E-state index in [4.69, 9.17) is 0 Å². The molecule has 0 aromatic carbocycles. The first kappa shape index (κ1) is 14.3. The quantitative estimate of drug-likeness (QED) is 0.834. The third-order valence-electron chi connectivity index (χ3n) is 4.44. The number of anilines is 1. The smallest absolute Gasteiger partial charge is 0.227 e. The Morgan fingerprint density at radius 1 is 1.10 bits per heavy atom. The van der Waals surface area contributed by atoms with Crippen molar-refractivity contribution in [3.63, 3.8) is 0 Å². The highest BCUT2D eigenvalue weighted by atomic mass is 16.2. The molecule has 0 saturated carbocycles. The molecule has 0 unspecified atom stereocenters. The zero-order chi connectivity index (χ0) is 14.8. The van der Waals surface area contributed by atoms with Gasteiger partial charge in [-0.3, -0.25) is 4.79 Å². The van der Waals surface area contributed by atoms with Crippen molar-refractivity contribution in [3.05, 3.63) is 17.5 Å². The molecule has 21 heavy (non-hydrogen) atoms. The number of piperidine rings is 1. The lowest BCUT2D eigenvalue weighted by Gasteiger charge is -2.34. The molecule has 5 heteroatoms. The van der Waals surface area contributed by atoms with Gasteiger partial charge >= 0.3 is 0 Å². The number of hydrogen-bond donors (Lipinski definition) is 0. The summed E-state index contributed by atoms with van der Waals surface area (Å²) in [5.41, 5.74) is 1.98. The summed E-state index contributed by atoms with van der Waals surface area (Å²) in [6.07, 6.45) is 4.35. The second-order valence-electron chi connectivity index (χ2n) is 6.27.